The fraction of sp³-hybridized carbons (Fsp3) is 0.300. The molecule has 1 aliphatic carbocycles. The molecule has 5 heteroatoms. The van der Waals surface area contributed by atoms with E-state index < -0.39 is 0 Å². The van der Waals surface area contributed by atoms with Gasteiger partial charge in [-0.25, -0.2) is 0 Å². The molecule has 0 spiro atoms. The van der Waals surface area contributed by atoms with Crippen molar-refractivity contribution in [2.24, 2.45) is 0 Å². The van der Waals surface area contributed by atoms with Gasteiger partial charge >= 0.3 is 0 Å². The Labute approximate surface area is 146 Å². The van der Waals surface area contributed by atoms with Crippen molar-refractivity contribution in [2.45, 2.75) is 12.5 Å². The van der Waals surface area contributed by atoms with E-state index in [4.69, 9.17) is 0 Å². The van der Waals surface area contributed by atoms with Crippen LogP contribution in [-0.2, 0) is 0 Å². The van der Waals surface area contributed by atoms with Crippen LogP contribution in [0.4, 0.5) is 5.69 Å². The zero-order chi connectivity index (χ0) is 17.2. The summed E-state index contributed by atoms with van der Waals surface area (Å²) in [6.07, 6.45) is 0.954. The fourth-order valence-electron chi connectivity index (χ4n) is 3.59. The minimum absolute atomic E-state index is 0.0769. The van der Waals surface area contributed by atoms with Gasteiger partial charge in [-0.15, -0.1) is 0 Å². The van der Waals surface area contributed by atoms with E-state index in [0.717, 1.165) is 38.3 Å². The van der Waals surface area contributed by atoms with Crippen molar-refractivity contribution < 1.29 is 9.59 Å². The second-order valence-corrected chi connectivity index (χ2v) is 6.50. The third-order valence-electron chi connectivity index (χ3n) is 4.89. The highest BCUT2D eigenvalue weighted by molar-refractivity contribution is 6.30. The average Bonchev–Trinajstić information content (AvgIpc) is 2.67. The molecule has 0 bridgehead atoms. The van der Waals surface area contributed by atoms with Gasteiger partial charge in [-0.05, 0) is 12.5 Å². The number of nitrogens with one attached hydrogen (secondary N) is 3. The first-order chi connectivity index (χ1) is 12.3. The molecule has 0 radical (unpaired) electrons. The SMILES string of the molecule is O=C1c2ccccc2C(=O)c2c(NCCC3CNCCN3)cccc21. The molecule has 1 atom stereocenters. The molecule has 4 rings (SSSR count). The maximum absolute atomic E-state index is 12.9. The summed E-state index contributed by atoms with van der Waals surface area (Å²) < 4.78 is 0. The Balaban J connectivity index is 1.57. The molecule has 2 aliphatic rings. The van der Waals surface area contributed by atoms with E-state index in [1.54, 1.807) is 30.3 Å². The van der Waals surface area contributed by atoms with Crippen molar-refractivity contribution in [3.05, 3.63) is 64.7 Å². The Kier molecular flexibility index (Phi) is 4.34. The minimum atomic E-state index is -0.0780. The molecule has 0 aromatic heterocycles. The molecular weight excluding hydrogens is 314 g/mol. The first-order valence-corrected chi connectivity index (χ1v) is 8.75. The maximum atomic E-state index is 12.9. The molecule has 0 saturated carbocycles. The van der Waals surface area contributed by atoms with Crippen LogP contribution in [0.1, 0.15) is 38.3 Å². The molecule has 1 saturated heterocycles. The number of piperazine rings is 1. The first kappa shape index (κ1) is 16.0. The quantitative estimate of drug-likeness (QED) is 0.678. The smallest absolute Gasteiger partial charge is 0.196 e. The first-order valence-electron chi connectivity index (χ1n) is 8.75. The predicted octanol–water partition coefficient (Wildman–Crippen LogP) is 1.83. The monoisotopic (exact) mass is 335 g/mol. The van der Waals surface area contributed by atoms with Crippen molar-refractivity contribution in [1.82, 2.24) is 10.6 Å². The highest BCUT2D eigenvalue weighted by Gasteiger charge is 2.31. The van der Waals surface area contributed by atoms with Gasteiger partial charge in [-0.3, -0.25) is 9.59 Å². The van der Waals surface area contributed by atoms with Gasteiger partial charge < -0.3 is 16.0 Å². The summed E-state index contributed by atoms with van der Waals surface area (Å²) in [4.78, 5) is 25.7. The van der Waals surface area contributed by atoms with Crippen LogP contribution in [-0.4, -0.2) is 43.8 Å². The van der Waals surface area contributed by atoms with Crippen molar-refractivity contribution in [3.8, 4) is 0 Å². The molecule has 1 heterocycles. The van der Waals surface area contributed by atoms with Crippen LogP contribution in [0, 0.1) is 0 Å². The number of ketones is 2. The fourth-order valence-corrected chi connectivity index (χ4v) is 3.59. The number of fused-ring (bicyclic) bond motifs is 2. The van der Waals surface area contributed by atoms with Crippen molar-refractivity contribution in [1.29, 1.82) is 0 Å². The molecule has 128 valence electrons. The number of hydrogen-bond donors (Lipinski definition) is 3. The van der Waals surface area contributed by atoms with Crippen LogP contribution in [0.25, 0.3) is 0 Å². The molecule has 5 nitrogen and oxygen atoms in total. The number of anilines is 1. The summed E-state index contributed by atoms with van der Waals surface area (Å²) in [5.41, 5.74) is 2.73. The lowest BCUT2D eigenvalue weighted by Crippen LogP contribution is -2.48. The van der Waals surface area contributed by atoms with Gasteiger partial charge in [-0.2, -0.15) is 0 Å². The maximum Gasteiger partial charge on any atom is 0.196 e. The van der Waals surface area contributed by atoms with Crippen molar-refractivity contribution >= 4 is 17.3 Å². The molecule has 2 aromatic rings. The molecule has 25 heavy (non-hydrogen) atoms. The summed E-state index contributed by atoms with van der Waals surface area (Å²) in [5.74, 6) is -0.155. The third-order valence-corrected chi connectivity index (χ3v) is 4.89. The Morgan fingerprint density at radius 3 is 2.44 bits per heavy atom. The summed E-state index contributed by atoms with van der Waals surface area (Å²) >= 11 is 0. The van der Waals surface area contributed by atoms with E-state index in [0.29, 0.717) is 28.3 Å². The summed E-state index contributed by atoms with van der Waals surface area (Å²) in [6.45, 7) is 3.69. The minimum Gasteiger partial charge on any atom is -0.384 e. The molecule has 1 aliphatic heterocycles. The lowest BCUT2D eigenvalue weighted by atomic mass is 9.83. The van der Waals surface area contributed by atoms with Crippen LogP contribution in [0.3, 0.4) is 0 Å². The topological polar surface area (TPSA) is 70.2 Å². The molecule has 0 amide bonds. The van der Waals surface area contributed by atoms with Crippen LogP contribution in [0.2, 0.25) is 0 Å². The number of carbonyl (C=O) groups excluding carboxylic acids is 2. The summed E-state index contributed by atoms with van der Waals surface area (Å²) in [6, 6.07) is 12.9. The van der Waals surface area contributed by atoms with Crippen LogP contribution < -0.4 is 16.0 Å². The van der Waals surface area contributed by atoms with E-state index in [-0.39, 0.29) is 11.6 Å². The molecule has 1 fully saturated rings. The second kappa shape index (κ2) is 6.78. The van der Waals surface area contributed by atoms with E-state index in [2.05, 4.69) is 16.0 Å². The van der Waals surface area contributed by atoms with Gasteiger partial charge in [0.05, 0.1) is 5.56 Å². The lowest BCUT2D eigenvalue weighted by molar-refractivity contribution is 0.0979. The zero-order valence-electron chi connectivity index (χ0n) is 14.0. The number of hydrogen-bond acceptors (Lipinski definition) is 5. The Hall–Kier alpha value is -2.50. The number of rotatable bonds is 4. The third kappa shape index (κ3) is 2.97. The molecule has 2 aromatic carbocycles. The highest BCUT2D eigenvalue weighted by Crippen LogP contribution is 2.31. The van der Waals surface area contributed by atoms with Crippen molar-refractivity contribution in [2.75, 3.05) is 31.5 Å². The Morgan fingerprint density at radius 2 is 1.68 bits per heavy atom. The predicted molar refractivity (Wildman–Crippen MR) is 97.5 cm³/mol. The van der Waals surface area contributed by atoms with Crippen molar-refractivity contribution in [3.63, 3.8) is 0 Å². The van der Waals surface area contributed by atoms with Gasteiger partial charge in [-0.1, -0.05) is 36.4 Å². The molecule has 3 N–H and O–H groups in total. The summed E-state index contributed by atoms with van der Waals surface area (Å²) in [7, 11) is 0. The normalized spacial score (nSPS) is 19.3. The van der Waals surface area contributed by atoms with Gasteiger partial charge in [0, 0.05) is 54.6 Å². The largest absolute Gasteiger partial charge is 0.384 e. The molecular formula is C20H21N3O2. The lowest BCUT2D eigenvalue weighted by Gasteiger charge is -2.25. The van der Waals surface area contributed by atoms with E-state index in [1.807, 2.05) is 12.1 Å². The van der Waals surface area contributed by atoms with Gasteiger partial charge in [0.25, 0.3) is 0 Å². The van der Waals surface area contributed by atoms with Gasteiger partial charge in [0.1, 0.15) is 0 Å². The summed E-state index contributed by atoms with van der Waals surface area (Å²) in [5, 5.41) is 10.2. The number of carbonyl (C=O) groups is 2. The second-order valence-electron chi connectivity index (χ2n) is 6.50. The van der Waals surface area contributed by atoms with Crippen LogP contribution >= 0.6 is 0 Å². The average molecular weight is 335 g/mol. The highest BCUT2D eigenvalue weighted by atomic mass is 16.1. The Morgan fingerprint density at radius 1 is 0.920 bits per heavy atom. The van der Waals surface area contributed by atoms with Gasteiger partial charge in [0.15, 0.2) is 11.6 Å². The van der Waals surface area contributed by atoms with Gasteiger partial charge in [0.2, 0.25) is 0 Å². The van der Waals surface area contributed by atoms with E-state index in [9.17, 15) is 9.59 Å². The van der Waals surface area contributed by atoms with Crippen LogP contribution in [0.5, 0.6) is 0 Å². The molecule has 1 unspecified atom stereocenters. The van der Waals surface area contributed by atoms with E-state index in [1.165, 1.54) is 0 Å². The number of benzene rings is 2. The van der Waals surface area contributed by atoms with Crippen LogP contribution in [0.15, 0.2) is 42.5 Å². The van der Waals surface area contributed by atoms with E-state index >= 15 is 0 Å². The zero-order valence-corrected chi connectivity index (χ0v) is 14.0. The standard InChI is InChI=1S/C20H21N3O2/c24-19-14-4-1-2-5-15(14)20(25)18-16(19)6-3-7-17(18)23-9-8-13-12-21-10-11-22-13/h1-7,13,21-23H,8-12H2. The Bertz CT molecular complexity index is 825.